The topological polar surface area (TPSA) is 20.3 Å². The molecule has 62 valence electrons. The van der Waals surface area contributed by atoms with Crippen molar-refractivity contribution in [3.05, 3.63) is 0 Å². The molecule has 3 rings (SSSR count). The van der Waals surface area contributed by atoms with Crippen molar-refractivity contribution >= 4 is 5.91 Å². The average molecular weight is 153 g/mol. The molecule has 1 saturated carbocycles. The fourth-order valence-electron chi connectivity index (χ4n) is 2.46. The molecule has 3 fully saturated rings. The highest BCUT2D eigenvalue weighted by Gasteiger charge is 2.38. The van der Waals surface area contributed by atoms with Crippen LogP contribution < -0.4 is 0 Å². The van der Waals surface area contributed by atoms with Gasteiger partial charge in [0, 0.05) is 18.5 Å². The highest BCUT2D eigenvalue weighted by Crippen LogP contribution is 2.35. The molecule has 0 spiro atoms. The van der Waals surface area contributed by atoms with Crippen LogP contribution in [0.3, 0.4) is 0 Å². The van der Waals surface area contributed by atoms with Crippen molar-refractivity contribution in [2.24, 2.45) is 5.92 Å². The molecule has 0 atom stereocenters. The van der Waals surface area contributed by atoms with Gasteiger partial charge in [-0.05, 0) is 32.6 Å². The maximum Gasteiger partial charge on any atom is 0.225 e. The number of carbonyl (C=O) groups excluding carboxylic acids is 1. The number of hydrogen-bond acceptors (Lipinski definition) is 1. The van der Waals surface area contributed by atoms with Gasteiger partial charge in [0.1, 0.15) is 0 Å². The van der Waals surface area contributed by atoms with Gasteiger partial charge in [0.05, 0.1) is 0 Å². The molecule has 0 radical (unpaired) electrons. The van der Waals surface area contributed by atoms with Crippen LogP contribution in [0.4, 0.5) is 0 Å². The Morgan fingerprint density at radius 3 is 2.36 bits per heavy atom. The van der Waals surface area contributed by atoms with Gasteiger partial charge in [-0.1, -0.05) is 0 Å². The number of amides is 1. The van der Waals surface area contributed by atoms with Crippen LogP contribution in [-0.2, 0) is 4.79 Å². The molecular weight excluding hydrogens is 138 g/mol. The molecule has 11 heavy (non-hydrogen) atoms. The van der Waals surface area contributed by atoms with E-state index < -0.39 is 0 Å². The Balaban J connectivity index is 2.16. The lowest BCUT2D eigenvalue weighted by Crippen LogP contribution is -2.51. The molecule has 0 unspecified atom stereocenters. The van der Waals surface area contributed by atoms with Gasteiger partial charge < -0.3 is 4.90 Å². The first-order valence-corrected chi connectivity index (χ1v) is 4.63. The van der Waals surface area contributed by atoms with Crippen molar-refractivity contribution in [2.75, 3.05) is 6.54 Å². The van der Waals surface area contributed by atoms with Gasteiger partial charge >= 0.3 is 0 Å². The number of hydrogen-bond donors (Lipinski definition) is 0. The lowest BCUT2D eigenvalue weighted by Gasteiger charge is -2.44. The Morgan fingerprint density at radius 1 is 1.36 bits per heavy atom. The van der Waals surface area contributed by atoms with Gasteiger partial charge in [0.2, 0.25) is 5.91 Å². The molecule has 1 aliphatic carbocycles. The van der Waals surface area contributed by atoms with E-state index in [1.165, 1.54) is 12.8 Å². The van der Waals surface area contributed by atoms with E-state index in [1.807, 2.05) is 0 Å². The summed E-state index contributed by atoms with van der Waals surface area (Å²) in [7, 11) is 0. The van der Waals surface area contributed by atoms with Crippen molar-refractivity contribution in [2.45, 2.75) is 38.6 Å². The third-order valence-electron chi connectivity index (χ3n) is 3.11. The Morgan fingerprint density at radius 2 is 2.00 bits per heavy atom. The molecular formula is C9H15NO. The van der Waals surface area contributed by atoms with E-state index in [2.05, 4.69) is 11.8 Å². The van der Waals surface area contributed by atoms with E-state index in [-0.39, 0.29) is 0 Å². The fourth-order valence-corrected chi connectivity index (χ4v) is 2.46. The summed E-state index contributed by atoms with van der Waals surface area (Å²) in [5.74, 6) is 0.815. The van der Waals surface area contributed by atoms with E-state index >= 15 is 0 Å². The lowest BCUT2D eigenvalue weighted by molar-refractivity contribution is -0.146. The molecule has 2 aliphatic heterocycles. The van der Waals surface area contributed by atoms with E-state index in [9.17, 15) is 4.79 Å². The number of fused-ring (bicyclic) bond motifs is 3. The summed E-state index contributed by atoms with van der Waals surface area (Å²) < 4.78 is 0. The van der Waals surface area contributed by atoms with E-state index in [0.717, 1.165) is 19.4 Å². The monoisotopic (exact) mass is 153 g/mol. The molecule has 2 heteroatoms. The van der Waals surface area contributed by atoms with Gasteiger partial charge in [-0.3, -0.25) is 4.79 Å². The Hall–Kier alpha value is -0.530. The number of carbonyl (C=O) groups is 1. The second kappa shape index (κ2) is 2.50. The summed E-state index contributed by atoms with van der Waals surface area (Å²) in [6.45, 7) is 3.00. The fraction of sp³-hybridized carbons (Fsp3) is 0.889. The van der Waals surface area contributed by atoms with E-state index in [0.29, 0.717) is 17.9 Å². The number of rotatable bonds is 1. The summed E-state index contributed by atoms with van der Waals surface area (Å²) in [6, 6.07) is 0.595. The minimum absolute atomic E-state index is 0.389. The average Bonchev–Trinajstić information content (AvgIpc) is 2.06. The first-order chi connectivity index (χ1) is 5.33. The summed E-state index contributed by atoms with van der Waals surface area (Å²) in [6.07, 6.45) is 4.81. The van der Waals surface area contributed by atoms with E-state index in [1.54, 1.807) is 0 Å². The standard InChI is InChI=1S/C9H15NO/c1-2-10-8-5-3-7(4-6-8)9(10)11/h7-8H,2-6H2,1H3. The maximum absolute atomic E-state index is 11.5. The molecule has 2 bridgehead atoms. The first-order valence-electron chi connectivity index (χ1n) is 4.63. The summed E-state index contributed by atoms with van der Waals surface area (Å²) in [5, 5.41) is 0. The quantitative estimate of drug-likeness (QED) is 0.557. The van der Waals surface area contributed by atoms with E-state index in [4.69, 9.17) is 0 Å². The van der Waals surface area contributed by atoms with Crippen LogP contribution >= 0.6 is 0 Å². The van der Waals surface area contributed by atoms with Crippen LogP contribution in [0, 0.1) is 5.92 Å². The van der Waals surface area contributed by atoms with Crippen molar-refractivity contribution in [1.82, 2.24) is 4.90 Å². The van der Waals surface area contributed by atoms with Gasteiger partial charge in [-0.15, -0.1) is 0 Å². The third-order valence-corrected chi connectivity index (χ3v) is 3.11. The minimum atomic E-state index is 0.389. The number of nitrogens with zero attached hydrogens (tertiary/aromatic N) is 1. The number of piperidine rings is 2. The summed E-state index contributed by atoms with van der Waals surface area (Å²) >= 11 is 0. The van der Waals surface area contributed by atoms with Crippen molar-refractivity contribution < 1.29 is 4.79 Å². The molecule has 3 aliphatic rings. The third kappa shape index (κ3) is 0.959. The molecule has 2 heterocycles. The van der Waals surface area contributed by atoms with Crippen LogP contribution in [0.1, 0.15) is 32.6 Å². The molecule has 1 amide bonds. The smallest absolute Gasteiger partial charge is 0.225 e. The van der Waals surface area contributed by atoms with Gasteiger partial charge in [-0.2, -0.15) is 0 Å². The zero-order valence-electron chi connectivity index (χ0n) is 7.05. The maximum atomic E-state index is 11.5. The SMILES string of the molecule is CCN1C(=O)C2CCC1CC2. The molecule has 0 aromatic carbocycles. The van der Waals surface area contributed by atoms with Gasteiger partial charge in [0.25, 0.3) is 0 Å². The second-order valence-electron chi connectivity index (χ2n) is 3.63. The summed E-state index contributed by atoms with van der Waals surface area (Å²) in [4.78, 5) is 13.6. The lowest BCUT2D eigenvalue weighted by atomic mass is 9.79. The molecule has 0 N–H and O–H groups in total. The second-order valence-corrected chi connectivity index (χ2v) is 3.63. The van der Waals surface area contributed by atoms with Crippen LogP contribution in [0.15, 0.2) is 0 Å². The van der Waals surface area contributed by atoms with Crippen LogP contribution in [-0.4, -0.2) is 23.4 Å². The summed E-state index contributed by atoms with van der Waals surface area (Å²) in [5.41, 5.74) is 0. The van der Waals surface area contributed by atoms with Crippen molar-refractivity contribution in [3.8, 4) is 0 Å². The van der Waals surface area contributed by atoms with Crippen LogP contribution in [0.25, 0.3) is 0 Å². The molecule has 0 aromatic rings. The zero-order chi connectivity index (χ0) is 7.84. The van der Waals surface area contributed by atoms with Gasteiger partial charge in [0.15, 0.2) is 0 Å². The minimum Gasteiger partial charge on any atom is -0.340 e. The van der Waals surface area contributed by atoms with Crippen LogP contribution in [0.2, 0.25) is 0 Å². The molecule has 2 saturated heterocycles. The van der Waals surface area contributed by atoms with Crippen molar-refractivity contribution in [1.29, 1.82) is 0 Å². The Kier molecular flexibility index (Phi) is 1.63. The molecule has 2 nitrogen and oxygen atoms in total. The largest absolute Gasteiger partial charge is 0.340 e. The molecule has 0 aromatic heterocycles. The Bertz CT molecular complexity index is 170. The first kappa shape index (κ1) is 7.14. The highest BCUT2D eigenvalue weighted by molar-refractivity contribution is 5.80. The predicted molar refractivity (Wildman–Crippen MR) is 43.1 cm³/mol. The van der Waals surface area contributed by atoms with Gasteiger partial charge in [-0.25, -0.2) is 0 Å². The predicted octanol–water partition coefficient (Wildman–Crippen LogP) is 1.41. The normalized spacial score (nSPS) is 36.5. The van der Waals surface area contributed by atoms with Crippen LogP contribution in [0.5, 0.6) is 0 Å². The van der Waals surface area contributed by atoms with Crippen molar-refractivity contribution in [3.63, 3.8) is 0 Å². The highest BCUT2D eigenvalue weighted by atomic mass is 16.2. The zero-order valence-corrected chi connectivity index (χ0v) is 7.05. The Labute approximate surface area is 67.6 Å².